The summed E-state index contributed by atoms with van der Waals surface area (Å²) in [4.78, 5) is 14.6. The van der Waals surface area contributed by atoms with Crippen LogP contribution in [0.4, 0.5) is 0 Å². The van der Waals surface area contributed by atoms with Gasteiger partial charge >= 0.3 is 0 Å². The number of hydrogen-bond acceptors (Lipinski definition) is 6. The zero-order valence-corrected chi connectivity index (χ0v) is 31.5. The van der Waals surface area contributed by atoms with Crippen molar-refractivity contribution in [3.05, 3.63) is 101 Å². The van der Waals surface area contributed by atoms with E-state index in [1.165, 1.54) is 48.2 Å². The molecule has 3 saturated heterocycles. The Balaban J connectivity index is 0.000000240. The maximum atomic E-state index is 11.9. The van der Waals surface area contributed by atoms with E-state index in [4.69, 9.17) is 9.29 Å². The van der Waals surface area contributed by atoms with Gasteiger partial charge in [-0.15, -0.1) is 0 Å². The van der Waals surface area contributed by atoms with Gasteiger partial charge in [-0.1, -0.05) is 107 Å². The molecule has 8 heteroatoms. The Morgan fingerprint density at radius 3 is 2.02 bits per heavy atom. The number of carbonyl (C=O) groups excluding carboxylic acids is 1. The lowest BCUT2D eigenvalue weighted by atomic mass is 9.70. The van der Waals surface area contributed by atoms with Crippen LogP contribution in [0.25, 0.3) is 0 Å². The fourth-order valence-electron chi connectivity index (χ4n) is 9.73. The van der Waals surface area contributed by atoms with E-state index in [1.807, 2.05) is 13.8 Å². The van der Waals surface area contributed by atoms with Crippen LogP contribution in [0.15, 0.2) is 78.9 Å². The predicted octanol–water partition coefficient (Wildman–Crippen LogP) is 7.65. The van der Waals surface area contributed by atoms with Crippen LogP contribution < -0.4 is 10.1 Å². The SMILES string of the molecule is CC1(C)C2CC[C@]1(CS(=O)(=O)O)C(=O)C2.COc1ccc(C(C)(C)C)cc1CN[C@H]1C2CCN(CC2)[C@H]1C(c1ccccc1)c1ccccc1. The van der Waals surface area contributed by atoms with Crippen LogP contribution in [0, 0.1) is 22.7 Å². The minimum atomic E-state index is -4.08. The topological polar surface area (TPSA) is 95.9 Å². The van der Waals surface area contributed by atoms with Crippen molar-refractivity contribution in [3.8, 4) is 5.75 Å². The largest absolute Gasteiger partial charge is 0.496 e. The van der Waals surface area contributed by atoms with Crippen LogP contribution in [0.2, 0.25) is 0 Å². The highest BCUT2D eigenvalue weighted by atomic mass is 32.2. The molecule has 5 fully saturated rings. The number of Topliss-reactive ketones (excluding diaryl/α,β-unsaturated/α-hetero) is 1. The second kappa shape index (κ2) is 14.2. The standard InChI is InChI=1S/C32H40N2O.C10H16O4S/c1-32(2,3)27-15-16-28(35-4)26(21-27)22-33-30-25-17-19-34(20-18-25)31(30)29(23-11-7-5-8-12-23)24-13-9-6-10-14-24;1-9(2)7-3-4-10(9,8(11)5-7)6-15(12,13)14/h5-16,21,25,29-31,33H,17-20,22H2,1-4H3;7H,3-6H2,1-2H3,(H,12,13,14)/t30-,31-;7?,10-/m00/s1. The minimum absolute atomic E-state index is 0.0152. The summed E-state index contributed by atoms with van der Waals surface area (Å²) in [5.74, 6) is 1.93. The number of ether oxygens (including phenoxy) is 1. The average molecular weight is 701 g/mol. The Kier molecular flexibility index (Phi) is 10.4. The van der Waals surface area contributed by atoms with Crippen LogP contribution in [0.3, 0.4) is 0 Å². The van der Waals surface area contributed by atoms with Crippen molar-refractivity contribution in [1.29, 1.82) is 0 Å². The Labute approximate surface area is 300 Å². The highest BCUT2D eigenvalue weighted by Gasteiger charge is 2.65. The molecule has 270 valence electrons. The Morgan fingerprint density at radius 1 is 0.940 bits per heavy atom. The minimum Gasteiger partial charge on any atom is -0.496 e. The molecule has 0 amide bonds. The van der Waals surface area contributed by atoms with Crippen molar-refractivity contribution in [2.45, 2.75) is 96.7 Å². The molecule has 0 spiro atoms. The van der Waals surface area contributed by atoms with E-state index in [1.54, 1.807) is 7.11 Å². The van der Waals surface area contributed by atoms with Gasteiger partial charge in [0.25, 0.3) is 10.1 Å². The Morgan fingerprint density at radius 2 is 1.54 bits per heavy atom. The molecule has 8 rings (SSSR count). The molecular weight excluding hydrogens is 645 g/mol. The van der Waals surface area contributed by atoms with Gasteiger partial charge in [0.2, 0.25) is 0 Å². The summed E-state index contributed by atoms with van der Waals surface area (Å²) in [6, 6.07) is 29.8. The Hall–Kier alpha value is -3.04. The fraction of sp³-hybridized carbons (Fsp3) is 0.548. The zero-order chi connectivity index (χ0) is 35.9. The van der Waals surface area contributed by atoms with Crippen LogP contribution in [-0.4, -0.2) is 61.7 Å². The second-order valence-electron chi connectivity index (χ2n) is 16.7. The van der Waals surface area contributed by atoms with E-state index >= 15 is 0 Å². The van der Waals surface area contributed by atoms with E-state index in [0.29, 0.717) is 36.8 Å². The first-order valence-corrected chi connectivity index (χ1v) is 20.0. The molecule has 3 aromatic rings. The van der Waals surface area contributed by atoms with Gasteiger partial charge < -0.3 is 10.1 Å². The van der Waals surface area contributed by atoms with E-state index < -0.39 is 21.3 Å². The second-order valence-corrected chi connectivity index (χ2v) is 18.2. The maximum absolute atomic E-state index is 11.9. The lowest BCUT2D eigenvalue weighted by molar-refractivity contribution is -0.128. The van der Waals surface area contributed by atoms with Crippen molar-refractivity contribution in [2.75, 3.05) is 26.0 Å². The lowest BCUT2D eigenvalue weighted by Crippen LogP contribution is -2.64. The van der Waals surface area contributed by atoms with Crippen LogP contribution in [0.1, 0.15) is 94.9 Å². The summed E-state index contributed by atoms with van der Waals surface area (Å²) >= 11 is 0. The molecule has 2 aliphatic carbocycles. The number of fused-ring (bicyclic) bond motifs is 5. The summed E-state index contributed by atoms with van der Waals surface area (Å²) in [6.45, 7) is 14.0. The van der Waals surface area contributed by atoms with Gasteiger partial charge in [-0.05, 0) is 84.2 Å². The number of hydrogen-bond donors (Lipinski definition) is 2. The number of carbonyl (C=O) groups is 1. The molecule has 7 nitrogen and oxygen atoms in total. The number of benzene rings is 3. The van der Waals surface area contributed by atoms with E-state index in [2.05, 4.69) is 110 Å². The highest BCUT2D eigenvalue weighted by Crippen LogP contribution is 2.64. The summed E-state index contributed by atoms with van der Waals surface area (Å²) < 4.78 is 36.8. The van der Waals surface area contributed by atoms with Crippen molar-refractivity contribution in [3.63, 3.8) is 0 Å². The quantitative estimate of drug-likeness (QED) is 0.222. The smallest absolute Gasteiger partial charge is 0.265 e. The Bertz CT molecular complexity index is 1710. The van der Waals surface area contributed by atoms with E-state index in [9.17, 15) is 13.2 Å². The number of ketones is 1. The molecule has 3 aromatic carbocycles. The zero-order valence-electron chi connectivity index (χ0n) is 30.7. The molecule has 3 aliphatic heterocycles. The summed E-state index contributed by atoms with van der Waals surface area (Å²) in [5.41, 5.74) is 4.43. The third-order valence-electron chi connectivity index (χ3n) is 12.8. The first kappa shape index (κ1) is 36.7. The summed E-state index contributed by atoms with van der Waals surface area (Å²) in [5, 5.41) is 4.07. The molecule has 2 saturated carbocycles. The summed E-state index contributed by atoms with van der Waals surface area (Å²) in [7, 11) is -2.29. The van der Waals surface area contributed by atoms with Crippen LogP contribution in [0.5, 0.6) is 5.75 Å². The predicted molar refractivity (Wildman–Crippen MR) is 200 cm³/mol. The van der Waals surface area contributed by atoms with Crippen molar-refractivity contribution in [1.82, 2.24) is 10.2 Å². The van der Waals surface area contributed by atoms with Gasteiger partial charge in [-0.25, -0.2) is 0 Å². The van der Waals surface area contributed by atoms with Crippen LogP contribution in [-0.2, 0) is 26.9 Å². The van der Waals surface area contributed by atoms with E-state index in [0.717, 1.165) is 18.7 Å². The maximum Gasteiger partial charge on any atom is 0.265 e. The number of piperidine rings is 3. The normalized spacial score (nSPS) is 28.4. The third kappa shape index (κ3) is 7.19. The number of nitrogens with one attached hydrogen (secondary N) is 1. The molecule has 4 bridgehead atoms. The van der Waals surface area contributed by atoms with Gasteiger partial charge in [0.15, 0.2) is 0 Å². The van der Waals surface area contributed by atoms with Gasteiger partial charge in [-0.2, -0.15) is 8.42 Å². The van der Waals surface area contributed by atoms with Gasteiger partial charge in [-0.3, -0.25) is 14.2 Å². The summed E-state index contributed by atoms with van der Waals surface area (Å²) in [6.07, 6.45) is 4.54. The van der Waals surface area contributed by atoms with Crippen LogP contribution >= 0.6 is 0 Å². The molecule has 0 aromatic heterocycles. The molecule has 3 heterocycles. The first-order valence-electron chi connectivity index (χ1n) is 18.4. The third-order valence-corrected chi connectivity index (χ3v) is 13.6. The molecule has 5 aliphatic rings. The monoisotopic (exact) mass is 700 g/mol. The lowest BCUT2D eigenvalue weighted by Gasteiger charge is -2.54. The first-order chi connectivity index (χ1) is 23.6. The fourth-order valence-corrected chi connectivity index (χ4v) is 11.0. The molecule has 1 unspecified atom stereocenters. The number of rotatable bonds is 9. The average Bonchev–Trinajstić information content (AvgIpc) is 3.43. The van der Waals surface area contributed by atoms with Gasteiger partial charge in [0.05, 0.1) is 18.3 Å². The molecule has 2 N–H and O–H groups in total. The number of nitrogens with zero attached hydrogens (tertiary/aromatic N) is 1. The van der Waals surface area contributed by atoms with Gasteiger partial charge in [0, 0.05) is 36.5 Å². The number of methoxy groups -OCH3 is 1. The van der Waals surface area contributed by atoms with Crippen molar-refractivity contribution in [2.24, 2.45) is 22.7 Å². The molecular formula is C42H56N2O5S. The highest BCUT2D eigenvalue weighted by molar-refractivity contribution is 7.85. The van der Waals surface area contributed by atoms with Crippen molar-refractivity contribution >= 4 is 15.9 Å². The van der Waals surface area contributed by atoms with Gasteiger partial charge in [0.1, 0.15) is 11.5 Å². The molecule has 50 heavy (non-hydrogen) atoms. The molecule has 4 atom stereocenters. The van der Waals surface area contributed by atoms with E-state index in [-0.39, 0.29) is 22.5 Å². The van der Waals surface area contributed by atoms with Crippen molar-refractivity contribution < 1.29 is 22.5 Å². The molecule has 0 radical (unpaired) electrons.